The standard InChI is InChI=1S/C17H18ClF2N/c1-2-9-21-17(13-4-6-14(19)7-5-13)11-12-3-8-16(20)15(18)10-12/h3-8,10,17,21H,2,9,11H2,1H3. The first-order chi connectivity index (χ1) is 10.1. The fourth-order valence-electron chi connectivity index (χ4n) is 2.22. The zero-order valence-corrected chi connectivity index (χ0v) is 12.6. The van der Waals surface area contributed by atoms with Gasteiger partial charge in [-0.3, -0.25) is 0 Å². The molecule has 0 fully saturated rings. The molecule has 2 aromatic rings. The lowest BCUT2D eigenvalue weighted by Crippen LogP contribution is -2.24. The van der Waals surface area contributed by atoms with E-state index in [1.54, 1.807) is 24.3 Å². The van der Waals surface area contributed by atoms with Crippen molar-refractivity contribution in [3.8, 4) is 0 Å². The quantitative estimate of drug-likeness (QED) is 0.800. The Balaban J connectivity index is 2.19. The molecular formula is C17H18ClF2N. The van der Waals surface area contributed by atoms with Crippen LogP contribution in [0.2, 0.25) is 5.02 Å². The van der Waals surface area contributed by atoms with Crippen LogP contribution in [0.4, 0.5) is 8.78 Å². The molecule has 21 heavy (non-hydrogen) atoms. The molecule has 0 saturated heterocycles. The van der Waals surface area contributed by atoms with E-state index in [9.17, 15) is 8.78 Å². The second kappa shape index (κ2) is 7.53. The van der Waals surface area contributed by atoms with Gasteiger partial charge in [0.05, 0.1) is 5.02 Å². The summed E-state index contributed by atoms with van der Waals surface area (Å²) in [6, 6.07) is 11.2. The molecule has 1 atom stereocenters. The Morgan fingerprint density at radius 1 is 1.10 bits per heavy atom. The zero-order valence-electron chi connectivity index (χ0n) is 11.9. The summed E-state index contributed by atoms with van der Waals surface area (Å²) in [7, 11) is 0. The summed E-state index contributed by atoms with van der Waals surface area (Å²) in [6.07, 6.45) is 1.67. The molecule has 0 bridgehead atoms. The van der Waals surface area contributed by atoms with Gasteiger partial charge in [0.15, 0.2) is 0 Å². The van der Waals surface area contributed by atoms with Crippen molar-refractivity contribution in [3.63, 3.8) is 0 Å². The van der Waals surface area contributed by atoms with Crippen LogP contribution in [0.15, 0.2) is 42.5 Å². The lowest BCUT2D eigenvalue weighted by atomic mass is 9.98. The molecule has 112 valence electrons. The number of rotatable bonds is 6. The van der Waals surface area contributed by atoms with E-state index in [1.165, 1.54) is 18.2 Å². The minimum atomic E-state index is -0.416. The van der Waals surface area contributed by atoms with Crippen molar-refractivity contribution < 1.29 is 8.78 Å². The van der Waals surface area contributed by atoms with Crippen molar-refractivity contribution in [1.29, 1.82) is 0 Å². The molecular weight excluding hydrogens is 292 g/mol. The molecule has 0 amide bonds. The van der Waals surface area contributed by atoms with Gasteiger partial charge in [-0.25, -0.2) is 8.78 Å². The third-order valence-corrected chi connectivity index (χ3v) is 3.63. The first kappa shape index (κ1) is 15.9. The molecule has 0 radical (unpaired) electrons. The molecule has 1 unspecified atom stereocenters. The highest BCUT2D eigenvalue weighted by Gasteiger charge is 2.12. The summed E-state index contributed by atoms with van der Waals surface area (Å²) < 4.78 is 26.3. The summed E-state index contributed by atoms with van der Waals surface area (Å²) in [5.74, 6) is -0.668. The minimum Gasteiger partial charge on any atom is -0.310 e. The number of halogens is 3. The van der Waals surface area contributed by atoms with Gasteiger partial charge >= 0.3 is 0 Å². The molecule has 0 aliphatic heterocycles. The van der Waals surface area contributed by atoms with Crippen LogP contribution < -0.4 is 5.32 Å². The summed E-state index contributed by atoms with van der Waals surface area (Å²) >= 11 is 5.82. The van der Waals surface area contributed by atoms with E-state index in [-0.39, 0.29) is 16.9 Å². The average Bonchev–Trinajstić information content (AvgIpc) is 2.48. The van der Waals surface area contributed by atoms with E-state index >= 15 is 0 Å². The Labute approximate surface area is 128 Å². The molecule has 4 heteroatoms. The summed E-state index contributed by atoms with van der Waals surface area (Å²) in [4.78, 5) is 0. The third kappa shape index (κ3) is 4.51. The Morgan fingerprint density at radius 2 is 1.81 bits per heavy atom. The number of benzene rings is 2. The van der Waals surface area contributed by atoms with E-state index in [0.29, 0.717) is 6.42 Å². The third-order valence-electron chi connectivity index (χ3n) is 3.34. The van der Waals surface area contributed by atoms with Gasteiger partial charge in [0.25, 0.3) is 0 Å². The molecule has 0 aliphatic rings. The van der Waals surface area contributed by atoms with Crippen LogP contribution >= 0.6 is 11.6 Å². The lowest BCUT2D eigenvalue weighted by Gasteiger charge is -2.19. The molecule has 1 nitrogen and oxygen atoms in total. The number of hydrogen-bond acceptors (Lipinski definition) is 1. The Morgan fingerprint density at radius 3 is 2.43 bits per heavy atom. The van der Waals surface area contributed by atoms with Gasteiger partial charge < -0.3 is 5.32 Å². The van der Waals surface area contributed by atoms with E-state index in [2.05, 4.69) is 12.2 Å². The van der Waals surface area contributed by atoms with Gasteiger partial charge in [0.1, 0.15) is 11.6 Å². The highest BCUT2D eigenvalue weighted by atomic mass is 35.5. The van der Waals surface area contributed by atoms with Gasteiger partial charge in [-0.2, -0.15) is 0 Å². The average molecular weight is 310 g/mol. The van der Waals surface area contributed by atoms with Crippen molar-refractivity contribution in [2.45, 2.75) is 25.8 Å². The number of nitrogens with one attached hydrogen (secondary N) is 1. The van der Waals surface area contributed by atoms with Crippen molar-refractivity contribution in [2.75, 3.05) is 6.54 Å². The van der Waals surface area contributed by atoms with Gasteiger partial charge in [0.2, 0.25) is 0 Å². The van der Waals surface area contributed by atoms with Crippen molar-refractivity contribution in [1.82, 2.24) is 5.32 Å². The fourth-order valence-corrected chi connectivity index (χ4v) is 2.43. The Bertz CT molecular complexity index is 584. The van der Waals surface area contributed by atoms with Crippen molar-refractivity contribution in [3.05, 3.63) is 70.2 Å². The molecule has 0 aliphatic carbocycles. The van der Waals surface area contributed by atoms with Crippen LogP contribution in [-0.4, -0.2) is 6.54 Å². The molecule has 0 aromatic heterocycles. The molecule has 0 spiro atoms. The summed E-state index contributed by atoms with van der Waals surface area (Å²) in [5, 5.41) is 3.55. The smallest absolute Gasteiger partial charge is 0.141 e. The van der Waals surface area contributed by atoms with Gasteiger partial charge in [-0.15, -0.1) is 0 Å². The van der Waals surface area contributed by atoms with E-state index in [4.69, 9.17) is 11.6 Å². The van der Waals surface area contributed by atoms with E-state index in [0.717, 1.165) is 24.1 Å². The zero-order chi connectivity index (χ0) is 15.2. The van der Waals surface area contributed by atoms with Gasteiger partial charge in [0, 0.05) is 6.04 Å². The van der Waals surface area contributed by atoms with Crippen LogP contribution in [0.5, 0.6) is 0 Å². The lowest BCUT2D eigenvalue weighted by molar-refractivity contribution is 0.527. The monoisotopic (exact) mass is 309 g/mol. The highest BCUT2D eigenvalue weighted by Crippen LogP contribution is 2.22. The van der Waals surface area contributed by atoms with E-state index < -0.39 is 5.82 Å². The maximum atomic E-state index is 13.2. The second-order valence-electron chi connectivity index (χ2n) is 5.01. The van der Waals surface area contributed by atoms with E-state index in [1.807, 2.05) is 0 Å². The van der Waals surface area contributed by atoms with Crippen molar-refractivity contribution >= 4 is 11.6 Å². The van der Waals surface area contributed by atoms with Gasteiger partial charge in [-0.05, 0) is 54.8 Å². The van der Waals surface area contributed by atoms with Crippen LogP contribution in [0.1, 0.15) is 30.5 Å². The Kier molecular flexibility index (Phi) is 5.71. The first-order valence-electron chi connectivity index (χ1n) is 7.03. The molecule has 2 rings (SSSR count). The van der Waals surface area contributed by atoms with Crippen molar-refractivity contribution in [2.24, 2.45) is 0 Å². The van der Waals surface area contributed by atoms with Crippen LogP contribution in [0.3, 0.4) is 0 Å². The first-order valence-corrected chi connectivity index (χ1v) is 7.40. The second-order valence-corrected chi connectivity index (χ2v) is 5.42. The molecule has 1 N–H and O–H groups in total. The molecule has 0 heterocycles. The number of hydrogen-bond donors (Lipinski definition) is 1. The fraction of sp³-hybridized carbons (Fsp3) is 0.294. The maximum absolute atomic E-state index is 13.2. The van der Waals surface area contributed by atoms with Crippen LogP contribution in [0, 0.1) is 11.6 Å². The SMILES string of the molecule is CCCNC(Cc1ccc(F)c(Cl)c1)c1ccc(F)cc1. The Hall–Kier alpha value is -1.45. The topological polar surface area (TPSA) is 12.0 Å². The predicted octanol–water partition coefficient (Wildman–Crippen LogP) is 4.90. The summed E-state index contributed by atoms with van der Waals surface area (Å²) in [6.45, 7) is 2.94. The van der Waals surface area contributed by atoms with Crippen LogP contribution in [-0.2, 0) is 6.42 Å². The van der Waals surface area contributed by atoms with Crippen LogP contribution in [0.25, 0.3) is 0 Å². The minimum absolute atomic E-state index is 0.0482. The largest absolute Gasteiger partial charge is 0.310 e. The molecule has 2 aromatic carbocycles. The highest BCUT2D eigenvalue weighted by molar-refractivity contribution is 6.30. The summed E-state index contributed by atoms with van der Waals surface area (Å²) in [5.41, 5.74) is 1.95. The predicted molar refractivity (Wildman–Crippen MR) is 82.5 cm³/mol. The van der Waals surface area contributed by atoms with Gasteiger partial charge in [-0.1, -0.05) is 36.7 Å². The maximum Gasteiger partial charge on any atom is 0.141 e. The molecule has 0 saturated carbocycles. The normalized spacial score (nSPS) is 12.4.